The first-order chi connectivity index (χ1) is 12.1. The van der Waals surface area contributed by atoms with Crippen LogP contribution in [0.25, 0.3) is 10.9 Å². The molecular formula is C19H28N4O2. The van der Waals surface area contributed by atoms with Crippen molar-refractivity contribution in [3.63, 3.8) is 0 Å². The van der Waals surface area contributed by atoms with Crippen molar-refractivity contribution in [1.82, 2.24) is 19.8 Å². The Balaban J connectivity index is 1.61. The lowest BCUT2D eigenvalue weighted by Gasteiger charge is -2.41. The van der Waals surface area contributed by atoms with Gasteiger partial charge in [-0.05, 0) is 25.5 Å². The minimum absolute atomic E-state index is 0.0613. The van der Waals surface area contributed by atoms with Gasteiger partial charge in [0.2, 0.25) is 0 Å². The predicted molar refractivity (Wildman–Crippen MR) is 99.8 cm³/mol. The molecule has 2 atom stereocenters. The molecule has 0 bridgehead atoms. The zero-order chi connectivity index (χ0) is 17.8. The summed E-state index contributed by atoms with van der Waals surface area (Å²) in [6, 6.07) is 7.93. The number of piperazine rings is 1. The van der Waals surface area contributed by atoms with Crippen LogP contribution in [0.2, 0.25) is 0 Å². The molecule has 3 rings (SSSR count). The molecule has 2 N–H and O–H groups in total. The van der Waals surface area contributed by atoms with E-state index in [4.69, 9.17) is 0 Å². The van der Waals surface area contributed by atoms with Crippen LogP contribution in [0.15, 0.2) is 29.1 Å². The Hall–Kier alpha value is -1.76. The third-order valence-electron chi connectivity index (χ3n) is 4.99. The van der Waals surface area contributed by atoms with E-state index in [2.05, 4.69) is 26.7 Å². The molecule has 2 heterocycles. The standard InChI is InChI=1S/C19H28N4O2/c1-3-15-13-22(10-11-23(15)12-14(2)24)9-8-18-20-17-7-5-4-6-16(17)19(25)21-18/h4-7,14-15,24H,3,8-13H2,1-2H3,(H,20,21,25)/t14-,15-/m1/s1. The van der Waals surface area contributed by atoms with Gasteiger partial charge in [0.1, 0.15) is 5.82 Å². The number of fused-ring (bicyclic) bond motifs is 1. The van der Waals surface area contributed by atoms with E-state index in [1.54, 1.807) is 6.07 Å². The van der Waals surface area contributed by atoms with Crippen LogP contribution in [0.1, 0.15) is 26.1 Å². The second-order valence-corrected chi connectivity index (χ2v) is 6.99. The van der Waals surface area contributed by atoms with Gasteiger partial charge >= 0.3 is 0 Å². The van der Waals surface area contributed by atoms with Crippen molar-refractivity contribution in [3.8, 4) is 0 Å². The zero-order valence-electron chi connectivity index (χ0n) is 15.1. The monoisotopic (exact) mass is 344 g/mol. The first-order valence-corrected chi connectivity index (χ1v) is 9.19. The van der Waals surface area contributed by atoms with E-state index in [0.29, 0.717) is 11.4 Å². The van der Waals surface area contributed by atoms with E-state index >= 15 is 0 Å². The average molecular weight is 344 g/mol. The molecule has 1 saturated heterocycles. The van der Waals surface area contributed by atoms with E-state index in [1.165, 1.54) is 0 Å². The summed E-state index contributed by atoms with van der Waals surface area (Å²) >= 11 is 0. The molecule has 0 amide bonds. The Morgan fingerprint density at radius 1 is 1.36 bits per heavy atom. The van der Waals surface area contributed by atoms with E-state index in [9.17, 15) is 9.90 Å². The molecule has 1 aliphatic rings. The Bertz CT molecular complexity index is 758. The molecule has 0 aliphatic carbocycles. The molecule has 2 aromatic rings. The molecule has 1 aromatic carbocycles. The number of aliphatic hydroxyl groups is 1. The number of hydrogen-bond acceptors (Lipinski definition) is 5. The molecule has 0 spiro atoms. The summed E-state index contributed by atoms with van der Waals surface area (Å²) in [6.07, 6.45) is 1.54. The summed E-state index contributed by atoms with van der Waals surface area (Å²) in [4.78, 5) is 24.5. The SMILES string of the molecule is CC[C@@H]1CN(CCc2nc3ccccc3c(=O)[nH]2)CCN1C[C@@H](C)O. The van der Waals surface area contributed by atoms with Gasteiger partial charge in [-0.3, -0.25) is 9.69 Å². The third kappa shape index (κ3) is 4.45. The highest BCUT2D eigenvalue weighted by molar-refractivity contribution is 5.77. The lowest BCUT2D eigenvalue weighted by Crippen LogP contribution is -2.54. The van der Waals surface area contributed by atoms with Gasteiger partial charge in [0.25, 0.3) is 5.56 Å². The molecule has 1 aliphatic heterocycles. The highest BCUT2D eigenvalue weighted by atomic mass is 16.3. The maximum atomic E-state index is 12.2. The van der Waals surface area contributed by atoms with Crippen molar-refractivity contribution in [2.75, 3.05) is 32.7 Å². The quantitative estimate of drug-likeness (QED) is 0.825. The van der Waals surface area contributed by atoms with Crippen LogP contribution < -0.4 is 5.56 Å². The van der Waals surface area contributed by atoms with Crippen molar-refractivity contribution in [2.24, 2.45) is 0 Å². The summed E-state index contributed by atoms with van der Waals surface area (Å²) in [7, 11) is 0. The van der Waals surface area contributed by atoms with Crippen LogP contribution in [0.4, 0.5) is 0 Å². The van der Waals surface area contributed by atoms with Gasteiger partial charge in [0, 0.05) is 45.2 Å². The van der Waals surface area contributed by atoms with Crippen LogP contribution in [0.3, 0.4) is 0 Å². The van der Waals surface area contributed by atoms with Gasteiger partial charge in [-0.15, -0.1) is 0 Å². The van der Waals surface area contributed by atoms with Crippen molar-refractivity contribution in [1.29, 1.82) is 0 Å². The van der Waals surface area contributed by atoms with E-state index in [1.807, 2.05) is 25.1 Å². The predicted octanol–water partition coefficient (Wildman–Crippen LogP) is 1.24. The fourth-order valence-corrected chi connectivity index (χ4v) is 3.64. The van der Waals surface area contributed by atoms with Crippen molar-refractivity contribution in [2.45, 2.75) is 38.8 Å². The van der Waals surface area contributed by atoms with Crippen LogP contribution in [0.5, 0.6) is 0 Å². The zero-order valence-corrected chi connectivity index (χ0v) is 15.1. The summed E-state index contributed by atoms with van der Waals surface area (Å²) in [6.45, 7) is 8.64. The Kier molecular flexibility index (Phi) is 5.83. The number of para-hydroxylation sites is 1. The number of nitrogens with zero attached hydrogens (tertiary/aromatic N) is 3. The minimum Gasteiger partial charge on any atom is -0.392 e. The van der Waals surface area contributed by atoms with E-state index in [0.717, 1.165) is 56.9 Å². The minimum atomic E-state index is -0.285. The Morgan fingerprint density at radius 2 is 2.16 bits per heavy atom. The molecule has 6 heteroatoms. The summed E-state index contributed by atoms with van der Waals surface area (Å²) in [5, 5.41) is 10.3. The van der Waals surface area contributed by atoms with Crippen LogP contribution in [0, 0.1) is 0 Å². The van der Waals surface area contributed by atoms with Gasteiger partial charge in [0.15, 0.2) is 0 Å². The molecule has 25 heavy (non-hydrogen) atoms. The number of H-pyrrole nitrogens is 1. The number of hydrogen-bond donors (Lipinski definition) is 2. The highest BCUT2D eigenvalue weighted by Gasteiger charge is 2.26. The smallest absolute Gasteiger partial charge is 0.258 e. The van der Waals surface area contributed by atoms with Crippen LogP contribution in [-0.2, 0) is 6.42 Å². The van der Waals surface area contributed by atoms with E-state index < -0.39 is 0 Å². The number of aliphatic hydroxyl groups excluding tert-OH is 1. The Morgan fingerprint density at radius 3 is 2.92 bits per heavy atom. The Labute approximate surface area is 148 Å². The first kappa shape index (κ1) is 18.0. The van der Waals surface area contributed by atoms with Gasteiger partial charge in [-0.25, -0.2) is 4.98 Å². The number of aromatic nitrogens is 2. The summed E-state index contributed by atoms with van der Waals surface area (Å²) < 4.78 is 0. The fourth-order valence-electron chi connectivity index (χ4n) is 3.64. The van der Waals surface area contributed by atoms with Gasteiger partial charge in [0.05, 0.1) is 17.0 Å². The van der Waals surface area contributed by atoms with E-state index in [-0.39, 0.29) is 11.7 Å². The second kappa shape index (κ2) is 8.08. The molecule has 6 nitrogen and oxygen atoms in total. The van der Waals surface area contributed by atoms with Gasteiger partial charge < -0.3 is 15.0 Å². The van der Waals surface area contributed by atoms with Crippen molar-refractivity contribution < 1.29 is 5.11 Å². The molecule has 0 radical (unpaired) electrons. The fraction of sp³-hybridized carbons (Fsp3) is 0.579. The van der Waals surface area contributed by atoms with Crippen molar-refractivity contribution in [3.05, 3.63) is 40.4 Å². The lowest BCUT2D eigenvalue weighted by atomic mass is 10.1. The molecular weight excluding hydrogens is 316 g/mol. The number of aromatic amines is 1. The number of rotatable bonds is 6. The van der Waals surface area contributed by atoms with Gasteiger partial charge in [-0.2, -0.15) is 0 Å². The third-order valence-corrected chi connectivity index (χ3v) is 4.99. The molecule has 136 valence electrons. The first-order valence-electron chi connectivity index (χ1n) is 9.19. The average Bonchev–Trinajstić information content (AvgIpc) is 2.60. The summed E-state index contributed by atoms with van der Waals surface area (Å²) in [5.74, 6) is 0.753. The number of nitrogens with one attached hydrogen (secondary N) is 1. The van der Waals surface area contributed by atoms with Crippen LogP contribution >= 0.6 is 0 Å². The number of β-amino-alcohol motifs (C(OH)–C–C–N with tert-alkyl or cyclic N) is 1. The maximum absolute atomic E-state index is 12.2. The van der Waals surface area contributed by atoms with Crippen molar-refractivity contribution >= 4 is 10.9 Å². The normalized spacial score (nSPS) is 20.8. The molecule has 1 fully saturated rings. The lowest BCUT2D eigenvalue weighted by molar-refractivity contribution is 0.0369. The topological polar surface area (TPSA) is 72.5 Å². The largest absolute Gasteiger partial charge is 0.392 e. The summed E-state index contributed by atoms with van der Waals surface area (Å²) in [5.41, 5.74) is 0.697. The number of benzene rings is 1. The van der Waals surface area contributed by atoms with Crippen LogP contribution in [-0.4, -0.2) is 69.7 Å². The molecule has 0 saturated carbocycles. The second-order valence-electron chi connectivity index (χ2n) is 6.99. The maximum Gasteiger partial charge on any atom is 0.258 e. The van der Waals surface area contributed by atoms with Gasteiger partial charge in [-0.1, -0.05) is 19.1 Å². The molecule has 0 unspecified atom stereocenters. The molecule has 1 aromatic heterocycles. The highest BCUT2D eigenvalue weighted by Crippen LogP contribution is 2.14.